The molecule has 1 aromatic carbocycles. The summed E-state index contributed by atoms with van der Waals surface area (Å²) in [5, 5.41) is 2.82. The highest BCUT2D eigenvalue weighted by Crippen LogP contribution is 2.21. The molecule has 0 spiro atoms. The lowest BCUT2D eigenvalue weighted by molar-refractivity contribution is -0.120. The number of carbonyl (C=O) groups excluding carboxylic acids is 1. The topological polar surface area (TPSA) is 67.2 Å². The van der Waals surface area contributed by atoms with Gasteiger partial charge in [0.25, 0.3) is 5.56 Å². The number of hydrogen-bond acceptors (Lipinski definition) is 4. The summed E-state index contributed by atoms with van der Waals surface area (Å²) in [6.45, 7) is 3.73. The van der Waals surface area contributed by atoms with E-state index in [1.807, 2.05) is 11.8 Å². The van der Waals surface area contributed by atoms with E-state index in [1.54, 1.807) is 29.1 Å². The molecule has 1 aromatic heterocycles. The average Bonchev–Trinajstić information content (AvgIpc) is 2.64. The molecule has 0 unspecified atom stereocenters. The van der Waals surface area contributed by atoms with Gasteiger partial charge in [0.15, 0.2) is 5.82 Å². The predicted octanol–water partition coefficient (Wildman–Crippen LogP) is 2.26. The second-order valence-electron chi connectivity index (χ2n) is 6.10. The van der Waals surface area contributed by atoms with Crippen LogP contribution in [0.15, 0.2) is 41.5 Å². The van der Waals surface area contributed by atoms with Crippen LogP contribution < -0.4 is 15.8 Å². The molecule has 132 valence electrons. The summed E-state index contributed by atoms with van der Waals surface area (Å²) < 4.78 is 14.5. The van der Waals surface area contributed by atoms with Gasteiger partial charge in [-0.15, -0.1) is 0 Å². The molecule has 7 heteroatoms. The van der Waals surface area contributed by atoms with Gasteiger partial charge in [-0.05, 0) is 44.0 Å². The lowest BCUT2D eigenvalue weighted by Gasteiger charge is -2.31. The van der Waals surface area contributed by atoms with Crippen molar-refractivity contribution in [1.82, 2.24) is 9.55 Å². The van der Waals surface area contributed by atoms with Crippen molar-refractivity contribution in [3.05, 3.63) is 52.8 Å². The zero-order valence-corrected chi connectivity index (χ0v) is 14.1. The van der Waals surface area contributed by atoms with Crippen LogP contribution >= 0.6 is 0 Å². The van der Waals surface area contributed by atoms with Crippen LogP contribution in [0.25, 0.3) is 0 Å². The number of nitrogens with one attached hydrogen (secondary N) is 1. The van der Waals surface area contributed by atoms with Crippen LogP contribution in [0.5, 0.6) is 0 Å². The molecule has 1 saturated heterocycles. The average molecular weight is 344 g/mol. The molecule has 1 N–H and O–H groups in total. The van der Waals surface area contributed by atoms with Gasteiger partial charge in [-0.2, -0.15) is 0 Å². The highest BCUT2D eigenvalue weighted by atomic mass is 19.1. The van der Waals surface area contributed by atoms with E-state index in [-0.39, 0.29) is 23.2 Å². The first-order chi connectivity index (χ1) is 12.1. The Kier molecular flexibility index (Phi) is 5.11. The molecular formula is C18H21FN4O2. The quantitative estimate of drug-likeness (QED) is 0.924. The molecule has 0 radical (unpaired) electrons. The summed E-state index contributed by atoms with van der Waals surface area (Å²) in [6, 6.07) is 5.73. The maximum atomic E-state index is 12.9. The van der Waals surface area contributed by atoms with Crippen LogP contribution in [-0.4, -0.2) is 28.5 Å². The fourth-order valence-electron chi connectivity index (χ4n) is 3.03. The van der Waals surface area contributed by atoms with E-state index in [2.05, 4.69) is 10.3 Å². The van der Waals surface area contributed by atoms with E-state index in [1.165, 1.54) is 12.1 Å². The van der Waals surface area contributed by atoms with Crippen LogP contribution in [0.4, 0.5) is 15.9 Å². The van der Waals surface area contributed by atoms with Gasteiger partial charge in [0.05, 0.1) is 0 Å². The number of benzene rings is 1. The first kappa shape index (κ1) is 17.1. The van der Waals surface area contributed by atoms with Crippen molar-refractivity contribution in [2.75, 3.05) is 23.3 Å². The molecule has 6 nitrogen and oxygen atoms in total. The molecule has 0 bridgehead atoms. The molecule has 0 aliphatic carbocycles. The third-order valence-corrected chi connectivity index (χ3v) is 4.51. The maximum Gasteiger partial charge on any atom is 0.293 e. The van der Waals surface area contributed by atoms with Crippen molar-refractivity contribution in [2.24, 2.45) is 5.92 Å². The molecule has 1 amide bonds. The zero-order valence-electron chi connectivity index (χ0n) is 14.1. The van der Waals surface area contributed by atoms with E-state index < -0.39 is 0 Å². The van der Waals surface area contributed by atoms with Crippen LogP contribution in [0.3, 0.4) is 0 Å². The number of carbonyl (C=O) groups is 1. The van der Waals surface area contributed by atoms with Gasteiger partial charge in [-0.25, -0.2) is 9.37 Å². The van der Waals surface area contributed by atoms with Crippen molar-refractivity contribution in [3.8, 4) is 0 Å². The van der Waals surface area contributed by atoms with Crippen molar-refractivity contribution in [3.63, 3.8) is 0 Å². The van der Waals surface area contributed by atoms with Crippen molar-refractivity contribution >= 4 is 17.4 Å². The number of hydrogen-bond donors (Lipinski definition) is 1. The summed E-state index contributed by atoms with van der Waals surface area (Å²) >= 11 is 0. The van der Waals surface area contributed by atoms with E-state index in [0.29, 0.717) is 44.0 Å². The molecule has 0 saturated carbocycles. The molecule has 1 fully saturated rings. The number of rotatable bonds is 4. The zero-order chi connectivity index (χ0) is 17.8. The largest absolute Gasteiger partial charge is 0.352 e. The van der Waals surface area contributed by atoms with E-state index in [9.17, 15) is 14.0 Å². The molecular weight excluding hydrogens is 323 g/mol. The highest BCUT2D eigenvalue weighted by molar-refractivity contribution is 5.92. The third-order valence-electron chi connectivity index (χ3n) is 4.51. The summed E-state index contributed by atoms with van der Waals surface area (Å²) in [4.78, 5) is 30.8. The predicted molar refractivity (Wildman–Crippen MR) is 94.1 cm³/mol. The SMILES string of the molecule is CCn1ccnc(N2CCC(C(=O)Nc3ccc(F)cc3)CC2)c1=O. The number of aryl methyl sites for hydroxylation is 1. The van der Waals surface area contributed by atoms with Crippen molar-refractivity contribution in [1.29, 1.82) is 0 Å². The second-order valence-corrected chi connectivity index (χ2v) is 6.10. The van der Waals surface area contributed by atoms with E-state index in [4.69, 9.17) is 0 Å². The number of halogens is 1. The number of anilines is 2. The number of piperidine rings is 1. The van der Waals surface area contributed by atoms with Gasteiger partial charge in [-0.1, -0.05) is 0 Å². The second kappa shape index (κ2) is 7.46. The Bertz CT molecular complexity index is 795. The summed E-state index contributed by atoms with van der Waals surface area (Å²) in [5.74, 6) is -0.0854. The number of nitrogens with zero attached hydrogens (tertiary/aromatic N) is 3. The van der Waals surface area contributed by atoms with Crippen molar-refractivity contribution < 1.29 is 9.18 Å². The molecule has 1 aliphatic heterocycles. The maximum absolute atomic E-state index is 12.9. The minimum Gasteiger partial charge on any atom is -0.352 e. The van der Waals surface area contributed by atoms with Crippen LogP contribution in [0.2, 0.25) is 0 Å². The van der Waals surface area contributed by atoms with Gasteiger partial charge in [0, 0.05) is 43.6 Å². The Morgan fingerprint density at radius 1 is 1.28 bits per heavy atom. The van der Waals surface area contributed by atoms with Crippen LogP contribution in [0, 0.1) is 11.7 Å². The molecule has 3 rings (SSSR count). The van der Waals surface area contributed by atoms with Gasteiger partial charge < -0.3 is 14.8 Å². The molecule has 2 heterocycles. The normalized spacial score (nSPS) is 15.2. The Balaban J connectivity index is 1.61. The lowest BCUT2D eigenvalue weighted by atomic mass is 9.96. The van der Waals surface area contributed by atoms with Gasteiger partial charge in [-0.3, -0.25) is 9.59 Å². The third kappa shape index (κ3) is 3.87. The highest BCUT2D eigenvalue weighted by Gasteiger charge is 2.27. The summed E-state index contributed by atoms with van der Waals surface area (Å²) in [6.07, 6.45) is 4.60. The van der Waals surface area contributed by atoms with E-state index >= 15 is 0 Å². The first-order valence-electron chi connectivity index (χ1n) is 8.45. The molecule has 2 aromatic rings. The monoisotopic (exact) mass is 344 g/mol. The molecule has 25 heavy (non-hydrogen) atoms. The Labute approximate surface area is 145 Å². The van der Waals surface area contributed by atoms with Crippen molar-refractivity contribution in [2.45, 2.75) is 26.3 Å². The molecule has 1 aliphatic rings. The lowest BCUT2D eigenvalue weighted by Crippen LogP contribution is -2.41. The van der Waals surface area contributed by atoms with Gasteiger partial charge >= 0.3 is 0 Å². The molecule has 0 atom stereocenters. The van der Waals surface area contributed by atoms with Gasteiger partial charge in [0.2, 0.25) is 5.91 Å². The summed E-state index contributed by atoms with van der Waals surface area (Å²) in [7, 11) is 0. The fraction of sp³-hybridized carbons (Fsp3) is 0.389. The van der Waals surface area contributed by atoms with Crippen LogP contribution in [0.1, 0.15) is 19.8 Å². The van der Waals surface area contributed by atoms with Crippen LogP contribution in [-0.2, 0) is 11.3 Å². The fourth-order valence-corrected chi connectivity index (χ4v) is 3.03. The Morgan fingerprint density at radius 3 is 2.60 bits per heavy atom. The standard InChI is InChI=1S/C18H21FN4O2/c1-2-22-12-9-20-16(18(22)25)23-10-7-13(8-11-23)17(24)21-15-5-3-14(19)4-6-15/h3-6,9,12-13H,2,7-8,10-11H2,1H3,(H,21,24). The first-order valence-corrected chi connectivity index (χ1v) is 8.45. The minimum atomic E-state index is -0.334. The number of amides is 1. The number of aromatic nitrogens is 2. The Hall–Kier alpha value is -2.70. The summed E-state index contributed by atoms with van der Waals surface area (Å²) in [5.41, 5.74) is 0.489. The Morgan fingerprint density at radius 2 is 1.96 bits per heavy atom. The van der Waals surface area contributed by atoms with E-state index in [0.717, 1.165) is 0 Å². The van der Waals surface area contributed by atoms with Gasteiger partial charge in [0.1, 0.15) is 5.82 Å². The smallest absolute Gasteiger partial charge is 0.293 e. The minimum absolute atomic E-state index is 0.0711.